The summed E-state index contributed by atoms with van der Waals surface area (Å²) in [7, 11) is 0. The van der Waals surface area contributed by atoms with Crippen LogP contribution in [0.1, 0.15) is 16.8 Å². The summed E-state index contributed by atoms with van der Waals surface area (Å²) >= 11 is 1.07. The predicted octanol–water partition coefficient (Wildman–Crippen LogP) is 3.84. The van der Waals surface area contributed by atoms with Crippen LogP contribution in [0.3, 0.4) is 0 Å². The Bertz CT molecular complexity index is 683. The first kappa shape index (κ1) is 15.4. The van der Waals surface area contributed by atoms with Crippen LogP contribution in [0.15, 0.2) is 46.3 Å². The van der Waals surface area contributed by atoms with E-state index in [0.29, 0.717) is 0 Å². The molecule has 21 heavy (non-hydrogen) atoms. The Morgan fingerprint density at radius 1 is 1.19 bits per heavy atom. The van der Waals surface area contributed by atoms with Crippen LogP contribution in [0.2, 0.25) is 0 Å². The van der Waals surface area contributed by atoms with Crippen molar-refractivity contribution in [2.24, 2.45) is 5.73 Å². The molecule has 2 aromatic rings. The molecule has 0 unspecified atom stereocenters. The first-order valence-corrected chi connectivity index (χ1v) is 6.77. The summed E-state index contributed by atoms with van der Waals surface area (Å²) in [5.74, 6) is -0.313. The number of aromatic nitrogens is 1. The Balaban J connectivity index is 2.49. The number of amidine groups is 1. The van der Waals surface area contributed by atoms with E-state index in [2.05, 4.69) is 4.98 Å². The Hall–Kier alpha value is -2.02. The molecule has 2 rings (SSSR count). The van der Waals surface area contributed by atoms with Gasteiger partial charge >= 0.3 is 6.18 Å². The van der Waals surface area contributed by atoms with Gasteiger partial charge in [-0.1, -0.05) is 30.0 Å². The van der Waals surface area contributed by atoms with Crippen LogP contribution in [0.25, 0.3) is 0 Å². The van der Waals surface area contributed by atoms with Crippen LogP contribution < -0.4 is 5.73 Å². The molecule has 3 nitrogen and oxygen atoms in total. The minimum Gasteiger partial charge on any atom is -0.384 e. The fraction of sp³-hybridized carbons (Fsp3) is 0.143. The van der Waals surface area contributed by atoms with E-state index in [4.69, 9.17) is 11.1 Å². The second-order valence-corrected chi connectivity index (χ2v) is 5.36. The molecule has 1 aromatic heterocycles. The van der Waals surface area contributed by atoms with E-state index >= 15 is 0 Å². The van der Waals surface area contributed by atoms with Gasteiger partial charge in [0.15, 0.2) is 0 Å². The van der Waals surface area contributed by atoms with Gasteiger partial charge in [0, 0.05) is 10.5 Å². The molecule has 0 spiro atoms. The van der Waals surface area contributed by atoms with Crippen molar-refractivity contribution in [3.05, 3.63) is 53.2 Å². The summed E-state index contributed by atoms with van der Waals surface area (Å²) in [6.07, 6.45) is -4.53. The van der Waals surface area contributed by atoms with Gasteiger partial charge < -0.3 is 5.73 Å². The Morgan fingerprint density at radius 3 is 2.43 bits per heavy atom. The molecule has 0 aliphatic heterocycles. The van der Waals surface area contributed by atoms with Crippen molar-refractivity contribution in [1.82, 2.24) is 4.98 Å². The SMILES string of the molecule is Cc1ccccc1Sc1nc(C(F)(F)F)ccc1C(=N)N. The first-order valence-electron chi connectivity index (χ1n) is 5.95. The number of halogens is 3. The molecule has 0 aliphatic carbocycles. The summed E-state index contributed by atoms with van der Waals surface area (Å²) in [5, 5.41) is 7.54. The number of rotatable bonds is 3. The number of benzene rings is 1. The van der Waals surface area contributed by atoms with E-state index in [1.807, 2.05) is 19.1 Å². The van der Waals surface area contributed by atoms with Gasteiger partial charge in [0.2, 0.25) is 0 Å². The fourth-order valence-electron chi connectivity index (χ4n) is 1.66. The van der Waals surface area contributed by atoms with E-state index in [-0.39, 0.29) is 16.4 Å². The van der Waals surface area contributed by atoms with E-state index < -0.39 is 11.9 Å². The summed E-state index contributed by atoms with van der Waals surface area (Å²) < 4.78 is 38.3. The van der Waals surface area contributed by atoms with Crippen LogP contribution in [-0.2, 0) is 6.18 Å². The molecular weight excluding hydrogens is 299 g/mol. The van der Waals surface area contributed by atoms with Crippen molar-refractivity contribution in [3.8, 4) is 0 Å². The van der Waals surface area contributed by atoms with Gasteiger partial charge in [-0.05, 0) is 30.7 Å². The lowest BCUT2D eigenvalue weighted by molar-refractivity contribution is -0.141. The molecule has 0 saturated heterocycles. The van der Waals surface area contributed by atoms with Crippen molar-refractivity contribution in [2.75, 3.05) is 0 Å². The van der Waals surface area contributed by atoms with E-state index in [9.17, 15) is 13.2 Å². The van der Waals surface area contributed by atoms with E-state index in [1.54, 1.807) is 12.1 Å². The monoisotopic (exact) mass is 311 g/mol. The molecule has 1 aromatic carbocycles. The highest BCUT2D eigenvalue weighted by Crippen LogP contribution is 2.34. The van der Waals surface area contributed by atoms with E-state index in [1.165, 1.54) is 6.07 Å². The maximum Gasteiger partial charge on any atom is 0.433 e. The summed E-state index contributed by atoms with van der Waals surface area (Å²) in [5.41, 5.74) is 5.52. The molecule has 0 fully saturated rings. The molecule has 0 atom stereocenters. The summed E-state index contributed by atoms with van der Waals surface area (Å²) in [4.78, 5) is 4.39. The van der Waals surface area contributed by atoms with Gasteiger partial charge in [0.25, 0.3) is 0 Å². The van der Waals surface area contributed by atoms with Crippen molar-refractivity contribution >= 4 is 17.6 Å². The summed E-state index contributed by atoms with van der Waals surface area (Å²) in [6.45, 7) is 1.85. The maximum atomic E-state index is 12.8. The molecule has 0 amide bonds. The largest absolute Gasteiger partial charge is 0.433 e. The van der Waals surface area contributed by atoms with Crippen molar-refractivity contribution in [3.63, 3.8) is 0 Å². The lowest BCUT2D eigenvalue weighted by Crippen LogP contribution is -2.16. The molecular formula is C14H12F3N3S. The third kappa shape index (κ3) is 3.55. The number of nitrogen functional groups attached to an aromatic ring is 1. The average Bonchev–Trinajstić information content (AvgIpc) is 2.40. The molecule has 0 saturated carbocycles. The number of nitrogens with two attached hydrogens (primary N) is 1. The number of alkyl halides is 3. The minimum absolute atomic E-state index is 0.0756. The predicted molar refractivity (Wildman–Crippen MR) is 75.6 cm³/mol. The third-order valence-corrected chi connectivity index (χ3v) is 3.92. The number of hydrogen-bond donors (Lipinski definition) is 2. The first-order chi connectivity index (χ1) is 9.79. The minimum atomic E-state index is -4.53. The van der Waals surface area contributed by atoms with Crippen molar-refractivity contribution in [1.29, 1.82) is 5.41 Å². The highest BCUT2D eigenvalue weighted by atomic mass is 32.2. The molecule has 0 bridgehead atoms. The quantitative estimate of drug-likeness (QED) is 0.668. The Morgan fingerprint density at radius 2 is 1.86 bits per heavy atom. The normalized spacial score (nSPS) is 11.4. The number of nitrogens with one attached hydrogen (secondary N) is 1. The smallest absolute Gasteiger partial charge is 0.384 e. The third-order valence-electron chi connectivity index (χ3n) is 2.74. The molecule has 0 aliphatic rings. The fourth-order valence-corrected chi connectivity index (χ4v) is 2.67. The average molecular weight is 311 g/mol. The molecule has 3 N–H and O–H groups in total. The van der Waals surface area contributed by atoms with E-state index in [0.717, 1.165) is 28.3 Å². The second-order valence-electron chi connectivity index (χ2n) is 4.33. The zero-order chi connectivity index (χ0) is 15.6. The zero-order valence-corrected chi connectivity index (χ0v) is 11.8. The lowest BCUT2D eigenvalue weighted by Gasteiger charge is -2.12. The van der Waals surface area contributed by atoms with Gasteiger partial charge in [-0.25, -0.2) is 4.98 Å². The Kier molecular flexibility index (Phi) is 4.22. The van der Waals surface area contributed by atoms with Gasteiger partial charge in [0.05, 0.1) is 0 Å². The topological polar surface area (TPSA) is 62.8 Å². The Labute approximate surface area is 123 Å². The molecule has 0 radical (unpaired) electrons. The highest BCUT2D eigenvalue weighted by Gasteiger charge is 2.33. The number of nitrogens with zero attached hydrogens (tertiary/aromatic N) is 1. The number of pyridine rings is 1. The standard InChI is InChI=1S/C14H12F3N3S/c1-8-4-2-3-5-10(8)21-13-9(12(18)19)6-7-11(20-13)14(15,16)17/h2-7H,1H3,(H3,18,19). The number of hydrogen-bond acceptors (Lipinski definition) is 3. The van der Waals surface area contributed by atoms with Crippen LogP contribution in [-0.4, -0.2) is 10.8 Å². The van der Waals surface area contributed by atoms with Crippen molar-refractivity contribution < 1.29 is 13.2 Å². The van der Waals surface area contributed by atoms with Gasteiger partial charge in [0.1, 0.15) is 16.6 Å². The van der Waals surface area contributed by atoms with Crippen LogP contribution in [0.5, 0.6) is 0 Å². The molecule has 110 valence electrons. The van der Waals surface area contributed by atoms with Crippen LogP contribution >= 0.6 is 11.8 Å². The molecule has 7 heteroatoms. The molecule has 1 heterocycles. The summed E-state index contributed by atoms with van der Waals surface area (Å²) in [6, 6.07) is 9.27. The zero-order valence-electron chi connectivity index (χ0n) is 11.0. The second kappa shape index (κ2) is 5.77. The number of aryl methyl sites for hydroxylation is 1. The maximum absolute atomic E-state index is 12.8. The van der Waals surface area contributed by atoms with Crippen LogP contribution in [0.4, 0.5) is 13.2 Å². The van der Waals surface area contributed by atoms with Crippen LogP contribution in [0, 0.1) is 12.3 Å². The van der Waals surface area contributed by atoms with Gasteiger partial charge in [-0.3, -0.25) is 5.41 Å². The lowest BCUT2D eigenvalue weighted by atomic mass is 10.2. The van der Waals surface area contributed by atoms with Gasteiger partial charge in [-0.2, -0.15) is 13.2 Å². The van der Waals surface area contributed by atoms with Crippen molar-refractivity contribution in [2.45, 2.75) is 23.0 Å². The highest BCUT2D eigenvalue weighted by molar-refractivity contribution is 7.99. The van der Waals surface area contributed by atoms with Gasteiger partial charge in [-0.15, -0.1) is 0 Å².